The molecule has 0 rings (SSSR count). The summed E-state index contributed by atoms with van der Waals surface area (Å²) in [6.07, 6.45) is 2.62. The molecule has 0 radical (unpaired) electrons. The van der Waals surface area contributed by atoms with Crippen LogP contribution in [-0.4, -0.2) is 23.5 Å². The van der Waals surface area contributed by atoms with E-state index in [2.05, 4.69) is 11.9 Å². The molecule has 1 N–H and O–H groups in total. The van der Waals surface area contributed by atoms with Crippen LogP contribution in [0.25, 0.3) is 0 Å². The quantitative estimate of drug-likeness (QED) is 0.586. The molecule has 1 atom stereocenters. The Hall–Kier alpha value is -1.32. The second-order valence-electron chi connectivity index (χ2n) is 5.65. The van der Waals surface area contributed by atoms with E-state index in [0.29, 0.717) is 12.8 Å². The maximum Gasteiger partial charge on any atom is 0.329 e. The van der Waals surface area contributed by atoms with Gasteiger partial charge in [0.15, 0.2) is 0 Å². The van der Waals surface area contributed by atoms with Gasteiger partial charge in [-0.1, -0.05) is 19.9 Å². The monoisotopic (exact) mass is 255 g/mol. The SMILES string of the molecule is C=CCCC(=O)N[C@H](C(=O)OC(C)(C)C)C(C)C. The van der Waals surface area contributed by atoms with Gasteiger partial charge in [-0.2, -0.15) is 0 Å². The number of rotatable bonds is 6. The first kappa shape index (κ1) is 16.7. The molecule has 4 nitrogen and oxygen atoms in total. The summed E-state index contributed by atoms with van der Waals surface area (Å²) in [7, 11) is 0. The third-order valence-corrected chi connectivity index (χ3v) is 2.22. The Balaban J connectivity index is 4.52. The number of carbonyl (C=O) groups excluding carboxylic acids is 2. The number of allylic oxidation sites excluding steroid dienone is 1. The predicted molar refractivity (Wildman–Crippen MR) is 72.0 cm³/mol. The van der Waals surface area contributed by atoms with Crippen molar-refractivity contribution in [3.63, 3.8) is 0 Å². The van der Waals surface area contributed by atoms with Crippen molar-refractivity contribution >= 4 is 11.9 Å². The van der Waals surface area contributed by atoms with Crippen LogP contribution in [-0.2, 0) is 14.3 Å². The molecule has 0 saturated heterocycles. The van der Waals surface area contributed by atoms with Crippen LogP contribution in [0.4, 0.5) is 0 Å². The van der Waals surface area contributed by atoms with Crippen LogP contribution in [0.3, 0.4) is 0 Å². The molecule has 0 aliphatic carbocycles. The zero-order chi connectivity index (χ0) is 14.3. The van der Waals surface area contributed by atoms with Crippen molar-refractivity contribution in [2.24, 2.45) is 5.92 Å². The van der Waals surface area contributed by atoms with E-state index in [-0.39, 0.29) is 17.8 Å². The van der Waals surface area contributed by atoms with E-state index in [0.717, 1.165) is 0 Å². The molecule has 0 spiro atoms. The van der Waals surface area contributed by atoms with Crippen LogP contribution in [0, 0.1) is 5.92 Å². The minimum atomic E-state index is -0.596. The molecule has 1 amide bonds. The molecule has 0 aliphatic heterocycles. The molecule has 0 aliphatic rings. The van der Waals surface area contributed by atoms with Crippen LogP contribution in [0.1, 0.15) is 47.5 Å². The van der Waals surface area contributed by atoms with E-state index in [4.69, 9.17) is 4.74 Å². The smallest absolute Gasteiger partial charge is 0.329 e. The Bertz CT molecular complexity index is 303. The van der Waals surface area contributed by atoms with Crippen LogP contribution < -0.4 is 5.32 Å². The average Bonchev–Trinajstić information content (AvgIpc) is 2.19. The van der Waals surface area contributed by atoms with Crippen molar-refractivity contribution < 1.29 is 14.3 Å². The Labute approximate surface area is 110 Å². The van der Waals surface area contributed by atoms with E-state index in [1.165, 1.54) is 0 Å². The number of esters is 1. The molecule has 0 bridgehead atoms. The molecule has 0 aromatic carbocycles. The van der Waals surface area contributed by atoms with Gasteiger partial charge < -0.3 is 10.1 Å². The average molecular weight is 255 g/mol. The Morgan fingerprint density at radius 2 is 1.89 bits per heavy atom. The Morgan fingerprint density at radius 3 is 2.28 bits per heavy atom. The summed E-state index contributed by atoms with van der Waals surface area (Å²) in [6, 6.07) is -0.596. The molecule has 4 heteroatoms. The van der Waals surface area contributed by atoms with Gasteiger partial charge in [0.1, 0.15) is 11.6 Å². The van der Waals surface area contributed by atoms with E-state index in [1.807, 2.05) is 34.6 Å². The van der Waals surface area contributed by atoms with Gasteiger partial charge in [-0.25, -0.2) is 4.79 Å². The van der Waals surface area contributed by atoms with Crippen LogP contribution in [0.5, 0.6) is 0 Å². The van der Waals surface area contributed by atoms with Crippen LogP contribution in [0.2, 0.25) is 0 Å². The maximum atomic E-state index is 12.0. The maximum absolute atomic E-state index is 12.0. The Kier molecular flexibility index (Phi) is 6.66. The topological polar surface area (TPSA) is 55.4 Å². The van der Waals surface area contributed by atoms with Gasteiger partial charge in [-0.3, -0.25) is 4.79 Å². The summed E-state index contributed by atoms with van der Waals surface area (Å²) in [4.78, 5) is 23.6. The van der Waals surface area contributed by atoms with Gasteiger partial charge in [0.2, 0.25) is 5.91 Å². The van der Waals surface area contributed by atoms with E-state index >= 15 is 0 Å². The molecule has 104 valence electrons. The number of carbonyl (C=O) groups is 2. The molecular weight excluding hydrogens is 230 g/mol. The number of nitrogens with one attached hydrogen (secondary N) is 1. The van der Waals surface area contributed by atoms with Crippen molar-refractivity contribution in [1.82, 2.24) is 5.32 Å². The van der Waals surface area contributed by atoms with Crippen molar-refractivity contribution in [3.05, 3.63) is 12.7 Å². The number of amides is 1. The minimum absolute atomic E-state index is 0.00692. The number of hydrogen-bond donors (Lipinski definition) is 1. The van der Waals surface area contributed by atoms with E-state index in [1.54, 1.807) is 6.08 Å². The van der Waals surface area contributed by atoms with Gasteiger partial charge in [0.05, 0.1) is 0 Å². The van der Waals surface area contributed by atoms with Gasteiger partial charge >= 0.3 is 5.97 Å². The molecular formula is C14H25NO3. The zero-order valence-electron chi connectivity index (χ0n) is 12.1. The first-order chi connectivity index (χ1) is 8.17. The largest absolute Gasteiger partial charge is 0.458 e. The second-order valence-corrected chi connectivity index (χ2v) is 5.65. The van der Waals surface area contributed by atoms with Crippen LogP contribution >= 0.6 is 0 Å². The van der Waals surface area contributed by atoms with Gasteiger partial charge in [-0.15, -0.1) is 6.58 Å². The molecule has 18 heavy (non-hydrogen) atoms. The lowest BCUT2D eigenvalue weighted by atomic mass is 10.0. The van der Waals surface area contributed by atoms with Gasteiger partial charge in [0, 0.05) is 6.42 Å². The lowest BCUT2D eigenvalue weighted by Crippen LogP contribution is -2.47. The minimum Gasteiger partial charge on any atom is -0.458 e. The van der Waals surface area contributed by atoms with Crippen molar-refractivity contribution in [2.75, 3.05) is 0 Å². The highest BCUT2D eigenvalue weighted by Gasteiger charge is 2.28. The normalized spacial score (nSPS) is 13.0. The van der Waals surface area contributed by atoms with Gasteiger partial charge in [0.25, 0.3) is 0 Å². The first-order valence-corrected chi connectivity index (χ1v) is 6.30. The highest BCUT2D eigenvalue weighted by Crippen LogP contribution is 2.12. The van der Waals surface area contributed by atoms with Gasteiger partial charge in [-0.05, 0) is 33.1 Å². The second kappa shape index (κ2) is 7.19. The molecule has 0 saturated carbocycles. The Morgan fingerprint density at radius 1 is 1.33 bits per heavy atom. The lowest BCUT2D eigenvalue weighted by Gasteiger charge is -2.26. The first-order valence-electron chi connectivity index (χ1n) is 6.30. The fourth-order valence-corrected chi connectivity index (χ4v) is 1.34. The molecule has 0 aromatic rings. The zero-order valence-corrected chi connectivity index (χ0v) is 12.1. The third-order valence-electron chi connectivity index (χ3n) is 2.22. The number of ether oxygens (including phenoxy) is 1. The fraction of sp³-hybridized carbons (Fsp3) is 0.714. The predicted octanol–water partition coefficient (Wildman–Crippen LogP) is 2.44. The summed E-state index contributed by atoms with van der Waals surface area (Å²) >= 11 is 0. The molecule has 0 unspecified atom stereocenters. The summed E-state index contributed by atoms with van der Waals surface area (Å²) in [5.74, 6) is -0.545. The fourth-order valence-electron chi connectivity index (χ4n) is 1.34. The standard InChI is InChI=1S/C14H25NO3/c1-7-8-9-11(16)15-12(10(2)3)13(17)18-14(4,5)6/h7,10,12H,1,8-9H2,2-6H3,(H,15,16)/t12-/m0/s1. The molecule has 0 heterocycles. The van der Waals surface area contributed by atoms with E-state index in [9.17, 15) is 9.59 Å². The van der Waals surface area contributed by atoms with Crippen molar-refractivity contribution in [3.8, 4) is 0 Å². The lowest BCUT2D eigenvalue weighted by molar-refractivity contribution is -0.160. The molecule has 0 aromatic heterocycles. The summed E-state index contributed by atoms with van der Waals surface area (Å²) in [5, 5.41) is 2.71. The van der Waals surface area contributed by atoms with Crippen molar-refractivity contribution in [2.45, 2.75) is 59.1 Å². The molecule has 0 fully saturated rings. The summed E-state index contributed by atoms with van der Waals surface area (Å²) in [6.45, 7) is 12.7. The highest BCUT2D eigenvalue weighted by molar-refractivity contribution is 5.84. The summed E-state index contributed by atoms with van der Waals surface area (Å²) < 4.78 is 5.29. The highest BCUT2D eigenvalue weighted by atomic mass is 16.6. The van der Waals surface area contributed by atoms with Crippen molar-refractivity contribution in [1.29, 1.82) is 0 Å². The summed E-state index contributed by atoms with van der Waals surface area (Å²) in [5.41, 5.74) is -0.546. The number of hydrogen-bond acceptors (Lipinski definition) is 3. The van der Waals surface area contributed by atoms with E-state index < -0.39 is 11.6 Å². The third kappa shape index (κ3) is 7.09. The van der Waals surface area contributed by atoms with Crippen LogP contribution in [0.15, 0.2) is 12.7 Å².